The van der Waals surface area contributed by atoms with Gasteiger partial charge in [-0.3, -0.25) is 0 Å². The summed E-state index contributed by atoms with van der Waals surface area (Å²) in [7, 11) is -3.11. The lowest BCUT2D eigenvalue weighted by atomic mass is 9.81. The van der Waals surface area contributed by atoms with Crippen LogP contribution in [0.1, 0.15) is 51.9 Å². The van der Waals surface area contributed by atoms with E-state index in [1.807, 2.05) is 6.92 Å². The molecule has 1 N–H and O–H groups in total. The Balaban J connectivity index is 2.11. The van der Waals surface area contributed by atoms with E-state index in [1.165, 1.54) is 0 Å². The number of hydrogen-bond donors (Lipinski definition) is 1. The third-order valence-corrected chi connectivity index (χ3v) is 6.44. The molecule has 0 amide bonds. The zero-order chi connectivity index (χ0) is 13.2. The Morgan fingerprint density at radius 1 is 1.17 bits per heavy atom. The maximum Gasteiger partial charge on any atom is 0.214 e. The van der Waals surface area contributed by atoms with Gasteiger partial charge in [0.15, 0.2) is 0 Å². The summed E-state index contributed by atoms with van der Waals surface area (Å²) in [5, 5.41) is 10.1. The van der Waals surface area contributed by atoms with Crippen LogP contribution < -0.4 is 0 Å². The van der Waals surface area contributed by atoms with Crippen LogP contribution in [-0.2, 0) is 10.0 Å². The van der Waals surface area contributed by atoms with Crippen molar-refractivity contribution in [1.82, 2.24) is 4.31 Å². The van der Waals surface area contributed by atoms with E-state index in [0.717, 1.165) is 38.5 Å². The van der Waals surface area contributed by atoms with Gasteiger partial charge < -0.3 is 5.11 Å². The molecule has 3 unspecified atom stereocenters. The predicted molar refractivity (Wildman–Crippen MR) is 71.8 cm³/mol. The molecule has 1 saturated carbocycles. The molecule has 1 aliphatic carbocycles. The van der Waals surface area contributed by atoms with Crippen LogP contribution in [0.4, 0.5) is 0 Å². The molecule has 0 bridgehead atoms. The smallest absolute Gasteiger partial charge is 0.214 e. The molecule has 0 aromatic heterocycles. The third kappa shape index (κ3) is 2.89. The summed E-state index contributed by atoms with van der Waals surface area (Å²) in [6.07, 6.45) is 6.24. The van der Waals surface area contributed by atoms with E-state index in [-0.39, 0.29) is 23.8 Å². The fraction of sp³-hybridized carbons (Fsp3) is 1.00. The summed E-state index contributed by atoms with van der Waals surface area (Å²) >= 11 is 0. The SMILES string of the molecule is CCCS(=O)(=O)N1CCCC1C1CCCCC1O. The summed E-state index contributed by atoms with van der Waals surface area (Å²) in [5.41, 5.74) is 0. The molecule has 1 aliphatic heterocycles. The van der Waals surface area contributed by atoms with Crippen molar-refractivity contribution in [3.8, 4) is 0 Å². The van der Waals surface area contributed by atoms with Gasteiger partial charge in [-0.1, -0.05) is 19.8 Å². The Bertz CT molecular complexity index is 368. The molecule has 5 heteroatoms. The van der Waals surface area contributed by atoms with Gasteiger partial charge in [-0.25, -0.2) is 8.42 Å². The quantitative estimate of drug-likeness (QED) is 0.850. The van der Waals surface area contributed by atoms with E-state index in [1.54, 1.807) is 4.31 Å². The van der Waals surface area contributed by atoms with Crippen molar-refractivity contribution in [1.29, 1.82) is 0 Å². The van der Waals surface area contributed by atoms with Crippen molar-refractivity contribution in [2.45, 2.75) is 64.0 Å². The first-order valence-corrected chi connectivity index (χ1v) is 8.84. The van der Waals surface area contributed by atoms with Crippen molar-refractivity contribution >= 4 is 10.0 Å². The standard InChI is InChI=1S/C13H25NO3S/c1-2-10-18(16,17)14-9-5-7-12(14)11-6-3-4-8-13(11)15/h11-13,15H,2-10H2,1H3. The predicted octanol–water partition coefficient (Wildman–Crippen LogP) is 1.74. The highest BCUT2D eigenvalue weighted by molar-refractivity contribution is 7.89. The Morgan fingerprint density at radius 3 is 2.56 bits per heavy atom. The number of sulfonamides is 1. The van der Waals surface area contributed by atoms with Gasteiger partial charge in [-0.2, -0.15) is 4.31 Å². The van der Waals surface area contributed by atoms with Crippen LogP contribution in [0.15, 0.2) is 0 Å². The Labute approximate surface area is 110 Å². The van der Waals surface area contributed by atoms with Gasteiger partial charge in [-0.15, -0.1) is 0 Å². The lowest BCUT2D eigenvalue weighted by Crippen LogP contribution is -2.45. The second-order valence-corrected chi connectivity index (χ2v) is 7.69. The van der Waals surface area contributed by atoms with Crippen LogP contribution in [0.2, 0.25) is 0 Å². The van der Waals surface area contributed by atoms with E-state index in [4.69, 9.17) is 0 Å². The van der Waals surface area contributed by atoms with Gasteiger partial charge in [0, 0.05) is 18.5 Å². The highest BCUT2D eigenvalue weighted by Crippen LogP contribution is 2.36. The molecule has 2 rings (SSSR count). The molecular formula is C13H25NO3S. The fourth-order valence-corrected chi connectivity index (χ4v) is 5.34. The van der Waals surface area contributed by atoms with Crippen molar-refractivity contribution in [3.05, 3.63) is 0 Å². The van der Waals surface area contributed by atoms with Gasteiger partial charge in [0.1, 0.15) is 0 Å². The van der Waals surface area contributed by atoms with E-state index in [2.05, 4.69) is 0 Å². The summed E-state index contributed by atoms with van der Waals surface area (Å²) < 4.78 is 26.2. The molecule has 0 aromatic rings. The third-order valence-electron chi connectivity index (χ3n) is 4.34. The molecule has 0 aromatic carbocycles. The number of hydrogen-bond acceptors (Lipinski definition) is 3. The van der Waals surface area contributed by atoms with Gasteiger partial charge in [-0.05, 0) is 32.1 Å². The van der Waals surface area contributed by atoms with E-state index < -0.39 is 10.0 Å². The minimum atomic E-state index is -3.11. The average Bonchev–Trinajstić information content (AvgIpc) is 2.79. The van der Waals surface area contributed by atoms with E-state index >= 15 is 0 Å². The van der Waals surface area contributed by atoms with Crippen LogP contribution in [0.25, 0.3) is 0 Å². The van der Waals surface area contributed by atoms with E-state index in [9.17, 15) is 13.5 Å². The molecule has 3 atom stereocenters. The van der Waals surface area contributed by atoms with Gasteiger partial charge in [0.05, 0.1) is 11.9 Å². The summed E-state index contributed by atoms with van der Waals surface area (Å²) in [6, 6.07) is 0.0526. The first-order valence-electron chi connectivity index (χ1n) is 7.24. The lowest BCUT2D eigenvalue weighted by Gasteiger charge is -2.36. The summed E-state index contributed by atoms with van der Waals surface area (Å²) in [6.45, 7) is 2.55. The molecule has 2 aliphatic rings. The number of aliphatic hydroxyl groups excluding tert-OH is 1. The van der Waals surface area contributed by atoms with Crippen molar-refractivity contribution in [2.75, 3.05) is 12.3 Å². The van der Waals surface area contributed by atoms with Crippen LogP contribution in [0.3, 0.4) is 0 Å². The number of nitrogens with zero attached hydrogens (tertiary/aromatic N) is 1. The molecule has 4 nitrogen and oxygen atoms in total. The molecule has 0 spiro atoms. The zero-order valence-corrected chi connectivity index (χ0v) is 12.0. The molecular weight excluding hydrogens is 250 g/mol. The first-order chi connectivity index (χ1) is 8.56. The van der Waals surface area contributed by atoms with Gasteiger partial charge in [0.2, 0.25) is 10.0 Å². The van der Waals surface area contributed by atoms with Gasteiger partial charge in [0.25, 0.3) is 0 Å². The highest BCUT2D eigenvalue weighted by atomic mass is 32.2. The highest BCUT2D eigenvalue weighted by Gasteiger charge is 2.41. The first kappa shape index (κ1) is 14.3. The second-order valence-electron chi connectivity index (χ2n) is 5.65. The van der Waals surface area contributed by atoms with E-state index in [0.29, 0.717) is 13.0 Å². The van der Waals surface area contributed by atoms with Crippen LogP contribution in [0.5, 0.6) is 0 Å². The van der Waals surface area contributed by atoms with Crippen molar-refractivity contribution in [2.24, 2.45) is 5.92 Å². The van der Waals surface area contributed by atoms with Gasteiger partial charge >= 0.3 is 0 Å². The van der Waals surface area contributed by atoms with Crippen LogP contribution in [-0.4, -0.2) is 42.3 Å². The van der Waals surface area contributed by atoms with Crippen molar-refractivity contribution in [3.63, 3.8) is 0 Å². The lowest BCUT2D eigenvalue weighted by molar-refractivity contribution is 0.0386. The van der Waals surface area contributed by atoms with Crippen LogP contribution in [0, 0.1) is 5.92 Å². The molecule has 0 radical (unpaired) electrons. The number of aliphatic hydroxyl groups is 1. The summed E-state index contributed by atoms with van der Waals surface area (Å²) in [4.78, 5) is 0. The van der Waals surface area contributed by atoms with Crippen LogP contribution >= 0.6 is 0 Å². The average molecular weight is 275 g/mol. The minimum absolute atomic E-state index is 0.0526. The Hall–Kier alpha value is -0.130. The molecule has 18 heavy (non-hydrogen) atoms. The second kappa shape index (κ2) is 5.88. The fourth-order valence-electron chi connectivity index (χ4n) is 3.50. The molecule has 106 valence electrons. The Kier molecular flexibility index (Phi) is 4.67. The topological polar surface area (TPSA) is 57.6 Å². The van der Waals surface area contributed by atoms with Crippen molar-refractivity contribution < 1.29 is 13.5 Å². The minimum Gasteiger partial charge on any atom is -0.393 e. The zero-order valence-electron chi connectivity index (χ0n) is 11.2. The molecule has 1 saturated heterocycles. The molecule has 1 heterocycles. The largest absolute Gasteiger partial charge is 0.393 e. The number of rotatable bonds is 4. The maximum atomic E-state index is 12.2. The maximum absolute atomic E-state index is 12.2. The Morgan fingerprint density at radius 2 is 1.89 bits per heavy atom. The molecule has 2 fully saturated rings. The monoisotopic (exact) mass is 275 g/mol. The normalized spacial score (nSPS) is 34.9. The summed E-state index contributed by atoms with van der Waals surface area (Å²) in [5.74, 6) is 0.402.